The summed E-state index contributed by atoms with van der Waals surface area (Å²) in [6.45, 7) is 0. The fourth-order valence-corrected chi connectivity index (χ4v) is 2.84. The quantitative estimate of drug-likeness (QED) is 0.364. The molecule has 0 spiro atoms. The summed E-state index contributed by atoms with van der Waals surface area (Å²) < 4.78 is 4.92. The van der Waals surface area contributed by atoms with Gasteiger partial charge >= 0.3 is 11.7 Å². The minimum absolute atomic E-state index is 0.0273. The molecule has 1 aliphatic heterocycles. The maximum atomic E-state index is 12.8. The first-order valence-electron chi connectivity index (χ1n) is 7.82. The van der Waals surface area contributed by atoms with Gasteiger partial charge in [-0.3, -0.25) is 25.0 Å². The van der Waals surface area contributed by atoms with Gasteiger partial charge in [0, 0.05) is 6.07 Å². The molecule has 1 fully saturated rings. The first-order valence-corrected chi connectivity index (χ1v) is 8.19. The van der Waals surface area contributed by atoms with E-state index in [0.29, 0.717) is 0 Å². The van der Waals surface area contributed by atoms with Gasteiger partial charge in [0.15, 0.2) is 5.75 Å². The Morgan fingerprint density at radius 2 is 1.89 bits per heavy atom. The van der Waals surface area contributed by atoms with Crippen LogP contribution in [-0.4, -0.2) is 29.9 Å². The number of benzene rings is 2. The van der Waals surface area contributed by atoms with E-state index in [4.69, 9.17) is 16.3 Å². The molecule has 1 N–H and O–H groups in total. The summed E-state index contributed by atoms with van der Waals surface area (Å²) in [7, 11) is 1.28. The standard InChI is InChI=1S/C18H12ClN3O6/c1-28-15-7-6-10(9-14(15)22(26)27)8-11-16(23)20-18(25)21(17(11)24)13-5-3-2-4-12(13)19/h2-9H,1H3,(H,20,23,25). The van der Waals surface area contributed by atoms with Crippen molar-refractivity contribution in [1.82, 2.24) is 5.32 Å². The van der Waals surface area contributed by atoms with Crippen LogP contribution in [0.25, 0.3) is 6.08 Å². The van der Waals surface area contributed by atoms with Crippen molar-refractivity contribution in [3.05, 3.63) is 68.7 Å². The number of carbonyl (C=O) groups is 3. The predicted octanol–water partition coefficient (Wildman–Crippen LogP) is 2.92. The predicted molar refractivity (Wildman–Crippen MR) is 100 cm³/mol. The lowest BCUT2D eigenvalue weighted by Gasteiger charge is -2.27. The van der Waals surface area contributed by atoms with E-state index in [-0.39, 0.29) is 33.3 Å². The molecular formula is C18H12ClN3O6. The van der Waals surface area contributed by atoms with Gasteiger partial charge in [-0.1, -0.05) is 29.8 Å². The SMILES string of the molecule is COc1ccc(C=C2C(=O)NC(=O)N(c3ccccc3Cl)C2=O)cc1[N+](=O)[O-]. The maximum Gasteiger partial charge on any atom is 0.335 e. The van der Waals surface area contributed by atoms with Gasteiger partial charge in [-0.2, -0.15) is 0 Å². The van der Waals surface area contributed by atoms with E-state index in [1.165, 1.54) is 31.4 Å². The van der Waals surface area contributed by atoms with Gasteiger partial charge in [0.05, 0.1) is 22.7 Å². The highest BCUT2D eigenvalue weighted by atomic mass is 35.5. The number of ether oxygens (including phenoxy) is 1. The first-order chi connectivity index (χ1) is 13.3. The van der Waals surface area contributed by atoms with Crippen LogP contribution in [0.2, 0.25) is 5.02 Å². The largest absolute Gasteiger partial charge is 0.490 e. The summed E-state index contributed by atoms with van der Waals surface area (Å²) in [6, 6.07) is 9.13. The topological polar surface area (TPSA) is 119 Å². The zero-order chi connectivity index (χ0) is 20.4. The fourth-order valence-electron chi connectivity index (χ4n) is 2.62. The number of carbonyl (C=O) groups excluding carboxylic acids is 3. The first kappa shape index (κ1) is 19.1. The average Bonchev–Trinajstić information content (AvgIpc) is 2.66. The summed E-state index contributed by atoms with van der Waals surface area (Å²) >= 11 is 6.05. The van der Waals surface area contributed by atoms with Gasteiger partial charge in [0.1, 0.15) is 5.57 Å². The Kier molecular flexibility index (Phi) is 5.10. The van der Waals surface area contributed by atoms with Gasteiger partial charge in [0.2, 0.25) is 0 Å². The fraction of sp³-hybridized carbons (Fsp3) is 0.0556. The van der Waals surface area contributed by atoms with Crippen LogP contribution in [0.15, 0.2) is 48.0 Å². The van der Waals surface area contributed by atoms with Crippen LogP contribution >= 0.6 is 11.6 Å². The van der Waals surface area contributed by atoms with E-state index in [9.17, 15) is 24.5 Å². The number of halogens is 1. The van der Waals surface area contributed by atoms with Crippen molar-refractivity contribution in [2.45, 2.75) is 0 Å². The molecule has 2 aromatic carbocycles. The molecule has 0 aliphatic carbocycles. The van der Waals surface area contributed by atoms with E-state index in [1.54, 1.807) is 12.1 Å². The summed E-state index contributed by atoms with van der Waals surface area (Å²) in [5, 5.41) is 13.4. The van der Waals surface area contributed by atoms with Crippen LogP contribution in [0, 0.1) is 10.1 Å². The second-order valence-corrected chi connectivity index (χ2v) is 6.00. The van der Waals surface area contributed by atoms with Crippen molar-refractivity contribution in [2.24, 2.45) is 0 Å². The number of methoxy groups -OCH3 is 1. The molecule has 10 heteroatoms. The Hall–Kier alpha value is -3.72. The molecule has 9 nitrogen and oxygen atoms in total. The van der Waals surface area contributed by atoms with E-state index >= 15 is 0 Å². The Balaban J connectivity index is 2.06. The summed E-state index contributed by atoms with van der Waals surface area (Å²) in [5.74, 6) is -1.79. The number of hydrogen-bond acceptors (Lipinski definition) is 6. The zero-order valence-electron chi connectivity index (χ0n) is 14.3. The number of urea groups is 1. The second-order valence-electron chi connectivity index (χ2n) is 5.60. The third kappa shape index (κ3) is 3.42. The monoisotopic (exact) mass is 401 g/mol. The number of barbiturate groups is 1. The van der Waals surface area contributed by atoms with Crippen LogP contribution in [0.3, 0.4) is 0 Å². The van der Waals surface area contributed by atoms with Crippen LogP contribution in [0.5, 0.6) is 5.75 Å². The van der Waals surface area contributed by atoms with Crippen LogP contribution in [-0.2, 0) is 9.59 Å². The lowest BCUT2D eigenvalue weighted by molar-refractivity contribution is -0.385. The van der Waals surface area contributed by atoms with Gasteiger partial charge in [-0.15, -0.1) is 0 Å². The summed E-state index contributed by atoms with van der Waals surface area (Å²) in [6.07, 6.45) is 1.15. The lowest BCUT2D eigenvalue weighted by atomic mass is 10.1. The molecule has 1 aliphatic rings. The highest BCUT2D eigenvalue weighted by Gasteiger charge is 2.37. The third-order valence-electron chi connectivity index (χ3n) is 3.91. The van der Waals surface area contributed by atoms with Gasteiger partial charge in [-0.05, 0) is 29.8 Å². The van der Waals surface area contributed by atoms with E-state index in [1.807, 2.05) is 0 Å². The smallest absolute Gasteiger partial charge is 0.335 e. The molecule has 1 heterocycles. The number of anilines is 1. The molecule has 3 rings (SSSR count). The van der Waals surface area contributed by atoms with Crippen molar-refractivity contribution in [2.75, 3.05) is 12.0 Å². The number of amides is 4. The molecule has 1 saturated heterocycles. The van der Waals surface area contributed by atoms with Gasteiger partial charge < -0.3 is 4.74 Å². The van der Waals surface area contributed by atoms with Gasteiger partial charge in [0.25, 0.3) is 11.8 Å². The van der Waals surface area contributed by atoms with Crippen molar-refractivity contribution in [1.29, 1.82) is 0 Å². The average molecular weight is 402 g/mol. The third-order valence-corrected chi connectivity index (χ3v) is 4.23. The number of rotatable bonds is 4. The number of nitrogens with one attached hydrogen (secondary N) is 1. The summed E-state index contributed by atoms with van der Waals surface area (Å²) in [4.78, 5) is 48.4. The molecule has 28 heavy (non-hydrogen) atoms. The number of imide groups is 2. The van der Waals surface area contributed by atoms with E-state index < -0.39 is 22.8 Å². The highest BCUT2D eigenvalue weighted by Crippen LogP contribution is 2.31. The minimum Gasteiger partial charge on any atom is -0.490 e. The Morgan fingerprint density at radius 1 is 1.18 bits per heavy atom. The van der Waals surface area contributed by atoms with Crippen molar-refractivity contribution in [3.63, 3.8) is 0 Å². The molecular weight excluding hydrogens is 390 g/mol. The molecule has 4 amide bonds. The zero-order valence-corrected chi connectivity index (χ0v) is 15.1. The lowest BCUT2D eigenvalue weighted by Crippen LogP contribution is -2.54. The van der Waals surface area contributed by atoms with Crippen LogP contribution in [0.1, 0.15) is 5.56 Å². The van der Waals surface area contributed by atoms with Crippen LogP contribution < -0.4 is 15.0 Å². The van der Waals surface area contributed by atoms with Crippen molar-refractivity contribution >= 4 is 46.9 Å². The summed E-state index contributed by atoms with van der Waals surface area (Å²) in [5.41, 5.74) is -0.399. The Bertz CT molecular complexity index is 1050. The Labute approximate surface area is 163 Å². The second kappa shape index (κ2) is 7.49. The normalized spacial score (nSPS) is 15.6. The molecule has 0 bridgehead atoms. The molecule has 0 atom stereocenters. The molecule has 0 unspecified atom stereocenters. The maximum absolute atomic E-state index is 12.8. The Morgan fingerprint density at radius 3 is 2.54 bits per heavy atom. The number of nitro benzene ring substituents is 1. The molecule has 0 radical (unpaired) electrons. The number of para-hydroxylation sites is 1. The molecule has 2 aromatic rings. The van der Waals surface area contributed by atoms with E-state index in [2.05, 4.69) is 5.32 Å². The van der Waals surface area contributed by atoms with Crippen molar-refractivity contribution < 1.29 is 24.0 Å². The van der Waals surface area contributed by atoms with Crippen LogP contribution in [0.4, 0.5) is 16.2 Å². The molecule has 0 aromatic heterocycles. The van der Waals surface area contributed by atoms with Crippen molar-refractivity contribution in [3.8, 4) is 5.75 Å². The number of nitrogens with zero attached hydrogens (tertiary/aromatic N) is 2. The number of hydrogen-bond donors (Lipinski definition) is 1. The highest BCUT2D eigenvalue weighted by molar-refractivity contribution is 6.42. The minimum atomic E-state index is -0.944. The van der Waals surface area contributed by atoms with E-state index in [0.717, 1.165) is 17.0 Å². The number of nitro groups is 1. The molecule has 0 saturated carbocycles. The molecule has 142 valence electrons. The van der Waals surface area contributed by atoms with Gasteiger partial charge in [-0.25, -0.2) is 9.69 Å².